The SMILES string of the molecule is COc1cc(CO)cc(C(=O)OCC(COC(=O)c2cc(CO)cc(CO)c2)(COC(=O)c2cc(CO)cc(OC)c2)COC(=O)c2cc(OC)cc(OC)c2)c1. The van der Waals surface area contributed by atoms with Crippen LogP contribution in [-0.4, -0.2) is 99.2 Å². The quantitative estimate of drug-likeness (QED) is 0.0744. The smallest absolute Gasteiger partial charge is 0.338 e. The number of methoxy groups -OCH3 is 4. The van der Waals surface area contributed by atoms with Crippen molar-refractivity contribution >= 4 is 23.9 Å². The van der Waals surface area contributed by atoms with Crippen LogP contribution in [-0.2, 0) is 45.4 Å². The van der Waals surface area contributed by atoms with Crippen molar-refractivity contribution in [2.24, 2.45) is 5.41 Å². The van der Waals surface area contributed by atoms with E-state index in [2.05, 4.69) is 0 Å². The van der Waals surface area contributed by atoms with Crippen LogP contribution in [0.2, 0.25) is 0 Å². The van der Waals surface area contributed by atoms with E-state index < -0.39 is 82.1 Å². The lowest BCUT2D eigenvalue weighted by molar-refractivity contribution is -0.0642. The molecule has 0 aliphatic rings. The molecule has 0 saturated heterocycles. The Bertz CT molecular complexity index is 1660. The van der Waals surface area contributed by atoms with E-state index in [1.54, 1.807) is 0 Å². The Balaban J connectivity index is 1.75. The molecule has 16 nitrogen and oxygen atoms in total. The van der Waals surface area contributed by atoms with Crippen molar-refractivity contribution in [1.82, 2.24) is 0 Å². The maximum absolute atomic E-state index is 13.6. The number of carbonyl (C=O) groups excluding carboxylic acids is 4. The minimum atomic E-state index is -1.80. The molecule has 0 aromatic heterocycles. The molecule has 0 bridgehead atoms. The van der Waals surface area contributed by atoms with Crippen LogP contribution in [0.4, 0.5) is 0 Å². The lowest BCUT2D eigenvalue weighted by Gasteiger charge is -2.31. The first-order valence-corrected chi connectivity index (χ1v) is 17.3. The summed E-state index contributed by atoms with van der Waals surface area (Å²) in [5.74, 6) is -2.63. The van der Waals surface area contributed by atoms with Crippen LogP contribution in [0.5, 0.6) is 23.0 Å². The third-order valence-electron chi connectivity index (χ3n) is 8.52. The number of ether oxygens (including phenoxy) is 8. The lowest BCUT2D eigenvalue weighted by atomic mass is 9.91. The van der Waals surface area contributed by atoms with Gasteiger partial charge >= 0.3 is 23.9 Å². The summed E-state index contributed by atoms with van der Waals surface area (Å²) in [6.45, 7) is -4.43. The van der Waals surface area contributed by atoms with Crippen molar-refractivity contribution in [2.75, 3.05) is 54.9 Å². The molecule has 0 aliphatic heterocycles. The fraction of sp³-hybridized carbons (Fsp3) is 0.317. The molecule has 57 heavy (non-hydrogen) atoms. The van der Waals surface area contributed by atoms with Crippen molar-refractivity contribution in [3.63, 3.8) is 0 Å². The molecule has 0 saturated carbocycles. The second-order valence-corrected chi connectivity index (χ2v) is 12.7. The van der Waals surface area contributed by atoms with Gasteiger partial charge in [-0.05, 0) is 82.9 Å². The summed E-state index contributed by atoms with van der Waals surface area (Å²) < 4.78 is 43.9. The first-order valence-electron chi connectivity index (χ1n) is 17.3. The van der Waals surface area contributed by atoms with Crippen LogP contribution in [0.25, 0.3) is 0 Å². The predicted molar refractivity (Wildman–Crippen MR) is 199 cm³/mol. The Morgan fingerprint density at radius 3 is 0.912 bits per heavy atom. The van der Waals surface area contributed by atoms with E-state index in [1.807, 2.05) is 0 Å². The van der Waals surface area contributed by atoms with E-state index in [0.717, 1.165) is 0 Å². The van der Waals surface area contributed by atoms with Crippen LogP contribution < -0.4 is 18.9 Å². The minimum absolute atomic E-state index is 0.00395. The van der Waals surface area contributed by atoms with Crippen LogP contribution in [0.15, 0.2) is 72.8 Å². The standard InChI is InChI=1S/C41H44O16/c1-50-33-10-27(19-44)8-30(12-33)38(47)55-22-41(21-54-37(46)29-6-25(17-42)5-26(7-29)18-43,23-56-39(48)31-9-28(20-45)11-34(13-31)51-2)24-57-40(49)32-14-35(52-3)16-36(15-32)53-4/h5-16,42-45H,17-24H2,1-4H3. The first kappa shape index (κ1) is 43.5. The Hall–Kier alpha value is -6.20. The number of hydrogen-bond acceptors (Lipinski definition) is 16. The summed E-state index contributed by atoms with van der Waals surface area (Å²) in [4.78, 5) is 54.1. The van der Waals surface area contributed by atoms with Gasteiger partial charge in [-0.15, -0.1) is 0 Å². The van der Waals surface area contributed by atoms with E-state index in [-0.39, 0.29) is 45.3 Å². The highest BCUT2D eigenvalue weighted by Gasteiger charge is 2.39. The van der Waals surface area contributed by atoms with Gasteiger partial charge in [-0.3, -0.25) is 0 Å². The van der Waals surface area contributed by atoms with Gasteiger partial charge in [0.25, 0.3) is 0 Å². The molecule has 0 aliphatic carbocycles. The lowest BCUT2D eigenvalue weighted by Crippen LogP contribution is -2.44. The average Bonchev–Trinajstić information content (AvgIpc) is 3.26. The molecule has 0 radical (unpaired) electrons. The zero-order valence-electron chi connectivity index (χ0n) is 31.8. The number of benzene rings is 4. The first-order chi connectivity index (χ1) is 27.4. The number of esters is 4. The average molecular weight is 793 g/mol. The highest BCUT2D eigenvalue weighted by molar-refractivity contribution is 5.92. The van der Waals surface area contributed by atoms with Crippen LogP contribution >= 0.6 is 0 Å². The molecular formula is C41H44O16. The van der Waals surface area contributed by atoms with Crippen molar-refractivity contribution in [3.8, 4) is 23.0 Å². The highest BCUT2D eigenvalue weighted by atomic mass is 16.6. The summed E-state index contributed by atoms with van der Waals surface area (Å²) in [7, 11) is 5.53. The van der Waals surface area contributed by atoms with E-state index in [0.29, 0.717) is 22.3 Å². The molecule has 4 aromatic carbocycles. The van der Waals surface area contributed by atoms with E-state index >= 15 is 0 Å². The van der Waals surface area contributed by atoms with Gasteiger partial charge in [0.2, 0.25) is 0 Å². The molecule has 0 heterocycles. The molecule has 0 spiro atoms. The molecule has 0 fully saturated rings. The summed E-state index contributed by atoms with van der Waals surface area (Å²) in [6.07, 6.45) is 0. The van der Waals surface area contributed by atoms with Gasteiger partial charge < -0.3 is 58.3 Å². The maximum atomic E-state index is 13.6. The van der Waals surface area contributed by atoms with Crippen LogP contribution in [0.3, 0.4) is 0 Å². The highest BCUT2D eigenvalue weighted by Crippen LogP contribution is 2.28. The van der Waals surface area contributed by atoms with Crippen LogP contribution in [0, 0.1) is 5.41 Å². The third-order valence-corrected chi connectivity index (χ3v) is 8.52. The van der Waals surface area contributed by atoms with Crippen molar-refractivity contribution in [2.45, 2.75) is 26.4 Å². The number of carbonyl (C=O) groups is 4. The van der Waals surface area contributed by atoms with Crippen molar-refractivity contribution < 1.29 is 77.5 Å². The Morgan fingerprint density at radius 2 is 0.632 bits per heavy atom. The fourth-order valence-electron chi connectivity index (χ4n) is 5.42. The Labute approximate surface area is 328 Å². The second kappa shape index (κ2) is 20.6. The molecule has 16 heteroatoms. The van der Waals surface area contributed by atoms with Gasteiger partial charge in [-0.2, -0.15) is 0 Å². The number of aliphatic hydroxyl groups is 4. The molecule has 4 aromatic rings. The van der Waals surface area contributed by atoms with Crippen molar-refractivity contribution in [3.05, 3.63) is 117 Å². The van der Waals surface area contributed by atoms with Gasteiger partial charge in [0.05, 0.1) is 77.1 Å². The maximum Gasteiger partial charge on any atom is 0.338 e. The van der Waals surface area contributed by atoms with Crippen LogP contribution in [0.1, 0.15) is 63.7 Å². The molecule has 304 valence electrons. The third kappa shape index (κ3) is 11.9. The largest absolute Gasteiger partial charge is 0.497 e. The monoisotopic (exact) mass is 792 g/mol. The summed E-state index contributed by atoms with van der Waals surface area (Å²) in [6, 6.07) is 17.0. The van der Waals surface area contributed by atoms with Gasteiger partial charge in [-0.1, -0.05) is 6.07 Å². The van der Waals surface area contributed by atoms with Crippen molar-refractivity contribution in [1.29, 1.82) is 0 Å². The molecule has 4 rings (SSSR count). The van der Waals surface area contributed by atoms with E-state index in [1.165, 1.54) is 101 Å². The summed E-state index contributed by atoms with van der Waals surface area (Å²) >= 11 is 0. The molecule has 0 unspecified atom stereocenters. The minimum Gasteiger partial charge on any atom is -0.497 e. The molecular weight excluding hydrogens is 748 g/mol. The molecule has 0 amide bonds. The van der Waals surface area contributed by atoms with Gasteiger partial charge in [-0.25, -0.2) is 19.2 Å². The number of rotatable bonds is 20. The summed E-state index contributed by atoms with van der Waals surface area (Å²) in [5, 5.41) is 39.0. The molecule has 4 N–H and O–H groups in total. The Kier molecular flexibility index (Phi) is 15.8. The predicted octanol–water partition coefficient (Wildman–Crippen LogP) is 3.40. The normalized spacial score (nSPS) is 10.9. The summed E-state index contributed by atoms with van der Waals surface area (Å²) in [5.41, 5.74) is -0.585. The molecule has 0 atom stereocenters. The second-order valence-electron chi connectivity index (χ2n) is 12.7. The number of hydrogen-bond donors (Lipinski definition) is 4. The van der Waals surface area contributed by atoms with Gasteiger partial charge in [0.15, 0.2) is 0 Å². The zero-order valence-corrected chi connectivity index (χ0v) is 31.8. The van der Waals surface area contributed by atoms with E-state index in [4.69, 9.17) is 37.9 Å². The topological polar surface area (TPSA) is 223 Å². The zero-order chi connectivity index (χ0) is 41.5. The number of aliphatic hydroxyl groups excluding tert-OH is 4. The fourth-order valence-corrected chi connectivity index (χ4v) is 5.42. The Morgan fingerprint density at radius 1 is 0.386 bits per heavy atom. The van der Waals surface area contributed by atoms with Gasteiger partial charge in [0.1, 0.15) is 54.8 Å². The van der Waals surface area contributed by atoms with E-state index in [9.17, 15) is 39.6 Å². The van der Waals surface area contributed by atoms with Gasteiger partial charge in [0, 0.05) is 6.07 Å².